The number of para-hydroxylation sites is 2. The highest BCUT2D eigenvalue weighted by molar-refractivity contribution is 5.91. The molecule has 0 fully saturated rings. The maximum atomic E-state index is 12.1. The van der Waals surface area contributed by atoms with E-state index in [2.05, 4.69) is 35.9 Å². The number of carbonyl (C=O) groups excluding carboxylic acids is 1. The number of fused-ring (bicyclic) bond motifs is 1. The van der Waals surface area contributed by atoms with E-state index in [-0.39, 0.29) is 5.91 Å². The van der Waals surface area contributed by atoms with Crippen molar-refractivity contribution in [2.75, 3.05) is 13.2 Å². The average Bonchev–Trinajstić information content (AvgIpc) is 3.40. The first-order valence-electron chi connectivity index (χ1n) is 10.1. The zero-order valence-electron chi connectivity index (χ0n) is 17.2. The standard InChI is InChI=1S/C24H25N3O3/c1-17-7-5-10-21(18(17)2)30-16-14-27-20-9-4-3-8-19(20)26-23(27)12-13-25-24(28)22-11-6-15-29-22/h3-11,15H,12-14,16H2,1-2H3,(H,25,28). The van der Waals surface area contributed by atoms with Crippen LogP contribution in [0.4, 0.5) is 0 Å². The molecule has 30 heavy (non-hydrogen) atoms. The second-order valence-corrected chi connectivity index (χ2v) is 7.20. The molecule has 0 aliphatic carbocycles. The van der Waals surface area contributed by atoms with Gasteiger partial charge in [-0.2, -0.15) is 0 Å². The minimum atomic E-state index is -0.221. The number of hydrogen-bond acceptors (Lipinski definition) is 4. The first kappa shape index (κ1) is 19.8. The summed E-state index contributed by atoms with van der Waals surface area (Å²) in [5.41, 5.74) is 4.38. The minimum Gasteiger partial charge on any atom is -0.491 e. The van der Waals surface area contributed by atoms with Crippen molar-refractivity contribution in [1.82, 2.24) is 14.9 Å². The van der Waals surface area contributed by atoms with E-state index >= 15 is 0 Å². The summed E-state index contributed by atoms with van der Waals surface area (Å²) in [6.45, 7) is 5.84. The number of ether oxygens (including phenoxy) is 1. The first-order chi connectivity index (χ1) is 14.6. The van der Waals surface area contributed by atoms with Crippen molar-refractivity contribution in [2.24, 2.45) is 0 Å². The summed E-state index contributed by atoms with van der Waals surface area (Å²) in [7, 11) is 0. The van der Waals surface area contributed by atoms with Crippen molar-refractivity contribution in [2.45, 2.75) is 26.8 Å². The van der Waals surface area contributed by atoms with Crippen LogP contribution >= 0.6 is 0 Å². The van der Waals surface area contributed by atoms with Gasteiger partial charge < -0.3 is 19.0 Å². The summed E-state index contributed by atoms with van der Waals surface area (Å²) in [6, 6.07) is 17.5. The van der Waals surface area contributed by atoms with Gasteiger partial charge in [0, 0.05) is 13.0 Å². The van der Waals surface area contributed by atoms with Crippen LogP contribution in [0.1, 0.15) is 27.5 Å². The summed E-state index contributed by atoms with van der Waals surface area (Å²) in [5.74, 6) is 1.92. The Morgan fingerprint density at radius 2 is 1.97 bits per heavy atom. The number of imidazole rings is 1. The van der Waals surface area contributed by atoms with Gasteiger partial charge in [0.15, 0.2) is 5.76 Å². The number of aromatic nitrogens is 2. The van der Waals surface area contributed by atoms with Crippen LogP contribution in [0.25, 0.3) is 11.0 Å². The quantitative estimate of drug-likeness (QED) is 0.476. The molecule has 0 atom stereocenters. The monoisotopic (exact) mass is 403 g/mol. The zero-order chi connectivity index (χ0) is 20.9. The molecule has 4 rings (SSSR count). The van der Waals surface area contributed by atoms with Crippen LogP contribution in [0, 0.1) is 13.8 Å². The molecule has 2 aromatic carbocycles. The molecule has 0 bridgehead atoms. The highest BCUT2D eigenvalue weighted by Gasteiger charge is 2.13. The van der Waals surface area contributed by atoms with Crippen molar-refractivity contribution < 1.29 is 13.9 Å². The topological polar surface area (TPSA) is 69.3 Å². The molecular weight excluding hydrogens is 378 g/mol. The van der Waals surface area contributed by atoms with Crippen LogP contribution in [0.3, 0.4) is 0 Å². The number of rotatable bonds is 8. The van der Waals surface area contributed by atoms with Gasteiger partial charge >= 0.3 is 0 Å². The molecule has 0 saturated carbocycles. The van der Waals surface area contributed by atoms with E-state index < -0.39 is 0 Å². The Morgan fingerprint density at radius 3 is 2.80 bits per heavy atom. The van der Waals surface area contributed by atoms with Gasteiger partial charge in [-0.15, -0.1) is 0 Å². The molecule has 6 nitrogen and oxygen atoms in total. The number of furan rings is 1. The lowest BCUT2D eigenvalue weighted by atomic mass is 10.1. The molecule has 154 valence electrons. The fourth-order valence-electron chi connectivity index (χ4n) is 3.48. The number of benzene rings is 2. The Bertz CT molecular complexity index is 1150. The van der Waals surface area contributed by atoms with Crippen LogP contribution in [-0.4, -0.2) is 28.6 Å². The summed E-state index contributed by atoms with van der Waals surface area (Å²) in [4.78, 5) is 16.9. The highest BCUT2D eigenvalue weighted by atomic mass is 16.5. The van der Waals surface area contributed by atoms with Gasteiger partial charge in [0.2, 0.25) is 0 Å². The van der Waals surface area contributed by atoms with Gasteiger partial charge in [-0.25, -0.2) is 4.98 Å². The molecule has 0 radical (unpaired) electrons. The molecule has 4 aromatic rings. The number of nitrogens with zero attached hydrogens (tertiary/aromatic N) is 2. The predicted molar refractivity (Wildman–Crippen MR) is 116 cm³/mol. The van der Waals surface area contributed by atoms with Crippen molar-refractivity contribution in [3.05, 3.63) is 83.6 Å². The molecule has 6 heteroatoms. The Hall–Kier alpha value is -3.54. The molecule has 1 N–H and O–H groups in total. The van der Waals surface area contributed by atoms with Crippen LogP contribution in [0.2, 0.25) is 0 Å². The van der Waals surface area contributed by atoms with Gasteiger partial charge in [0.1, 0.15) is 18.2 Å². The summed E-state index contributed by atoms with van der Waals surface area (Å²) in [5, 5.41) is 2.88. The third kappa shape index (κ3) is 4.22. The second-order valence-electron chi connectivity index (χ2n) is 7.20. The highest BCUT2D eigenvalue weighted by Crippen LogP contribution is 2.21. The molecular formula is C24H25N3O3. The minimum absolute atomic E-state index is 0.221. The van der Waals surface area contributed by atoms with E-state index in [9.17, 15) is 4.79 Å². The molecule has 2 aromatic heterocycles. The SMILES string of the molecule is Cc1cccc(OCCn2c(CCNC(=O)c3ccco3)nc3ccccc32)c1C. The summed E-state index contributed by atoms with van der Waals surface area (Å²) >= 11 is 0. The van der Waals surface area contributed by atoms with Gasteiger partial charge in [-0.1, -0.05) is 24.3 Å². The number of amides is 1. The Labute approximate surface area is 175 Å². The molecule has 0 aliphatic heterocycles. The van der Waals surface area contributed by atoms with Crippen LogP contribution in [0.15, 0.2) is 65.3 Å². The molecule has 0 saturated heterocycles. The Balaban J connectivity index is 1.44. The van der Waals surface area contributed by atoms with Crippen LogP contribution in [-0.2, 0) is 13.0 Å². The second kappa shape index (κ2) is 8.86. The largest absolute Gasteiger partial charge is 0.491 e. The summed E-state index contributed by atoms with van der Waals surface area (Å²) < 4.78 is 13.4. The van der Waals surface area contributed by atoms with E-state index in [1.54, 1.807) is 12.1 Å². The molecule has 0 unspecified atom stereocenters. The number of hydrogen-bond donors (Lipinski definition) is 1. The third-order valence-electron chi connectivity index (χ3n) is 5.24. The van der Waals surface area contributed by atoms with Crippen LogP contribution < -0.4 is 10.1 Å². The van der Waals surface area contributed by atoms with Gasteiger partial charge in [0.05, 0.1) is 23.8 Å². The van der Waals surface area contributed by atoms with E-state index in [1.165, 1.54) is 11.8 Å². The maximum Gasteiger partial charge on any atom is 0.286 e. The molecule has 0 spiro atoms. The zero-order valence-corrected chi connectivity index (χ0v) is 17.2. The Kier molecular flexibility index (Phi) is 5.84. The lowest BCUT2D eigenvalue weighted by Crippen LogP contribution is -2.26. The first-order valence-corrected chi connectivity index (χ1v) is 10.1. The Morgan fingerprint density at radius 1 is 1.10 bits per heavy atom. The molecule has 2 heterocycles. The third-order valence-corrected chi connectivity index (χ3v) is 5.24. The lowest BCUT2D eigenvalue weighted by Gasteiger charge is -2.13. The van der Waals surface area contributed by atoms with Gasteiger partial charge in [-0.05, 0) is 55.3 Å². The number of nitrogens with one attached hydrogen (secondary N) is 1. The van der Waals surface area contributed by atoms with E-state index in [1.807, 2.05) is 30.3 Å². The fourth-order valence-corrected chi connectivity index (χ4v) is 3.48. The number of carbonyl (C=O) groups is 1. The number of aryl methyl sites for hydroxylation is 1. The lowest BCUT2D eigenvalue weighted by molar-refractivity contribution is 0.0926. The van der Waals surface area contributed by atoms with Gasteiger partial charge in [0.25, 0.3) is 5.91 Å². The smallest absolute Gasteiger partial charge is 0.286 e. The van der Waals surface area contributed by atoms with E-state index in [4.69, 9.17) is 14.1 Å². The maximum absolute atomic E-state index is 12.1. The van der Waals surface area contributed by atoms with Crippen LogP contribution in [0.5, 0.6) is 5.75 Å². The van der Waals surface area contributed by atoms with Crippen molar-refractivity contribution in [3.8, 4) is 5.75 Å². The normalized spacial score (nSPS) is 11.0. The predicted octanol–water partition coefficient (Wildman–Crippen LogP) is 4.30. The van der Waals surface area contributed by atoms with E-state index in [0.717, 1.165) is 28.2 Å². The fraction of sp³-hybridized carbons (Fsp3) is 0.250. The molecule has 0 aliphatic rings. The van der Waals surface area contributed by atoms with E-state index in [0.29, 0.717) is 31.9 Å². The van der Waals surface area contributed by atoms with Gasteiger partial charge in [-0.3, -0.25) is 4.79 Å². The van der Waals surface area contributed by atoms with Crippen molar-refractivity contribution >= 4 is 16.9 Å². The summed E-state index contributed by atoms with van der Waals surface area (Å²) in [6.07, 6.45) is 2.11. The van der Waals surface area contributed by atoms with Crippen molar-refractivity contribution in [3.63, 3.8) is 0 Å². The molecule has 1 amide bonds. The average molecular weight is 403 g/mol. The van der Waals surface area contributed by atoms with Crippen molar-refractivity contribution in [1.29, 1.82) is 0 Å².